The lowest BCUT2D eigenvalue weighted by Crippen LogP contribution is -2.05. The average molecular weight is 315 g/mol. The third-order valence-electron chi connectivity index (χ3n) is 3.35. The van der Waals surface area contributed by atoms with Crippen LogP contribution in [0.3, 0.4) is 0 Å². The van der Waals surface area contributed by atoms with E-state index in [-0.39, 0.29) is 5.82 Å². The summed E-state index contributed by atoms with van der Waals surface area (Å²) in [4.78, 5) is 8.87. The molecule has 22 heavy (non-hydrogen) atoms. The molecular formula is C16H12ClFN4. The van der Waals surface area contributed by atoms with Crippen LogP contribution in [-0.2, 0) is 13.0 Å². The Morgan fingerprint density at radius 2 is 2.05 bits per heavy atom. The number of fused-ring (bicyclic) bond motifs is 1. The second-order valence-corrected chi connectivity index (χ2v) is 5.32. The van der Waals surface area contributed by atoms with E-state index in [9.17, 15) is 4.39 Å². The Bertz CT molecular complexity index is 849. The van der Waals surface area contributed by atoms with E-state index in [4.69, 9.17) is 16.9 Å². The fourth-order valence-electron chi connectivity index (χ4n) is 2.35. The van der Waals surface area contributed by atoms with E-state index in [1.54, 1.807) is 24.4 Å². The molecule has 0 saturated heterocycles. The van der Waals surface area contributed by atoms with Crippen molar-refractivity contribution in [3.63, 3.8) is 0 Å². The molecule has 0 atom stereocenters. The second kappa shape index (κ2) is 6.12. The first kappa shape index (κ1) is 14.5. The Balaban J connectivity index is 2.03. The maximum absolute atomic E-state index is 13.0. The zero-order chi connectivity index (χ0) is 15.5. The molecule has 1 aromatic carbocycles. The molecule has 0 aliphatic carbocycles. The number of nitrogens with zero attached hydrogens (tertiary/aromatic N) is 4. The summed E-state index contributed by atoms with van der Waals surface area (Å²) in [5, 5.41) is 9.34. The molecule has 2 aromatic heterocycles. The minimum Gasteiger partial charge on any atom is -0.311 e. The normalized spacial score (nSPS) is 10.8. The first-order chi connectivity index (χ1) is 10.7. The Kier molecular flexibility index (Phi) is 4.03. The molecule has 3 rings (SSSR count). The number of benzene rings is 1. The van der Waals surface area contributed by atoms with Gasteiger partial charge in [-0.1, -0.05) is 23.7 Å². The van der Waals surface area contributed by atoms with Gasteiger partial charge in [-0.15, -0.1) is 0 Å². The van der Waals surface area contributed by atoms with Crippen molar-refractivity contribution in [3.8, 4) is 6.07 Å². The van der Waals surface area contributed by atoms with Crippen LogP contribution < -0.4 is 0 Å². The smallest absolute Gasteiger partial charge is 0.160 e. The molecule has 0 N–H and O–H groups in total. The molecule has 6 heteroatoms. The topological polar surface area (TPSA) is 54.5 Å². The Morgan fingerprint density at radius 3 is 2.77 bits per heavy atom. The largest absolute Gasteiger partial charge is 0.311 e. The molecule has 4 nitrogen and oxygen atoms in total. The number of imidazole rings is 1. The van der Waals surface area contributed by atoms with Crippen LogP contribution in [0.25, 0.3) is 11.2 Å². The van der Waals surface area contributed by atoms with Crippen LogP contribution in [0.1, 0.15) is 17.8 Å². The third-order valence-corrected chi connectivity index (χ3v) is 3.56. The van der Waals surface area contributed by atoms with Gasteiger partial charge in [-0.3, -0.25) is 0 Å². The maximum Gasteiger partial charge on any atom is 0.160 e. The summed E-state index contributed by atoms with van der Waals surface area (Å²) < 4.78 is 14.9. The van der Waals surface area contributed by atoms with Crippen LogP contribution in [0.15, 0.2) is 36.5 Å². The fraction of sp³-hybridized carbons (Fsp3) is 0.188. The van der Waals surface area contributed by atoms with Crippen molar-refractivity contribution in [2.24, 2.45) is 0 Å². The van der Waals surface area contributed by atoms with Crippen molar-refractivity contribution in [1.29, 1.82) is 5.26 Å². The van der Waals surface area contributed by atoms with Gasteiger partial charge in [0, 0.05) is 19.2 Å². The van der Waals surface area contributed by atoms with Crippen LogP contribution in [0, 0.1) is 17.1 Å². The third kappa shape index (κ3) is 2.92. The summed E-state index contributed by atoms with van der Waals surface area (Å²) in [6, 6.07) is 10.2. The second-order valence-electron chi connectivity index (χ2n) is 4.89. The van der Waals surface area contributed by atoms with Crippen molar-refractivity contribution < 1.29 is 4.39 Å². The first-order valence-corrected chi connectivity index (χ1v) is 7.17. The molecule has 110 valence electrons. The molecule has 0 amide bonds. The summed E-state index contributed by atoms with van der Waals surface area (Å²) >= 11 is 5.96. The molecule has 0 aliphatic rings. The van der Waals surface area contributed by atoms with Crippen LogP contribution in [0.4, 0.5) is 4.39 Å². The number of halogens is 2. The number of aromatic nitrogens is 3. The van der Waals surface area contributed by atoms with Crippen LogP contribution >= 0.6 is 11.6 Å². The minimum atomic E-state index is -0.268. The summed E-state index contributed by atoms with van der Waals surface area (Å²) in [6.07, 6.45) is 2.47. The average Bonchev–Trinajstić information content (AvgIpc) is 2.83. The van der Waals surface area contributed by atoms with Gasteiger partial charge in [0.2, 0.25) is 0 Å². The van der Waals surface area contributed by atoms with Crippen molar-refractivity contribution in [1.82, 2.24) is 14.5 Å². The number of pyridine rings is 1. The highest BCUT2D eigenvalue weighted by atomic mass is 35.5. The van der Waals surface area contributed by atoms with Gasteiger partial charge in [-0.25, -0.2) is 14.4 Å². The lowest BCUT2D eigenvalue weighted by atomic mass is 10.1. The van der Waals surface area contributed by atoms with E-state index in [1.807, 2.05) is 4.57 Å². The predicted molar refractivity (Wildman–Crippen MR) is 82.0 cm³/mol. The van der Waals surface area contributed by atoms with Gasteiger partial charge in [0.15, 0.2) is 5.65 Å². The van der Waals surface area contributed by atoms with Crippen molar-refractivity contribution >= 4 is 22.8 Å². The van der Waals surface area contributed by atoms with E-state index >= 15 is 0 Å². The SMILES string of the molecule is N#CCCn1c(Cc2ccc(F)cc2)nc2cc(Cl)cnc21. The maximum atomic E-state index is 13.0. The van der Waals surface area contributed by atoms with Crippen molar-refractivity contribution in [2.45, 2.75) is 19.4 Å². The van der Waals surface area contributed by atoms with Gasteiger partial charge >= 0.3 is 0 Å². The van der Waals surface area contributed by atoms with E-state index in [0.717, 1.165) is 11.4 Å². The van der Waals surface area contributed by atoms with Gasteiger partial charge in [0.05, 0.1) is 17.5 Å². The Labute approximate surface area is 131 Å². The fourth-order valence-corrected chi connectivity index (χ4v) is 2.50. The number of rotatable bonds is 4. The van der Waals surface area contributed by atoms with E-state index in [2.05, 4.69) is 16.0 Å². The Morgan fingerprint density at radius 1 is 1.27 bits per heavy atom. The zero-order valence-corrected chi connectivity index (χ0v) is 12.4. The lowest BCUT2D eigenvalue weighted by molar-refractivity contribution is 0.626. The first-order valence-electron chi connectivity index (χ1n) is 6.79. The number of hydrogen-bond acceptors (Lipinski definition) is 3. The highest BCUT2D eigenvalue weighted by molar-refractivity contribution is 6.31. The Hall–Kier alpha value is -2.45. The molecule has 0 spiro atoms. The standard InChI is InChI=1S/C16H12ClFN4/c17-12-9-14-16(20-10-12)22(7-1-6-19)15(21-14)8-11-2-4-13(18)5-3-11/h2-5,9-10H,1,7-8H2. The van der Waals surface area contributed by atoms with Gasteiger partial charge < -0.3 is 4.57 Å². The van der Waals surface area contributed by atoms with Gasteiger partial charge in [0.25, 0.3) is 0 Å². The number of aryl methyl sites for hydroxylation is 1. The minimum absolute atomic E-state index is 0.268. The molecular weight excluding hydrogens is 303 g/mol. The van der Waals surface area contributed by atoms with Crippen LogP contribution in [-0.4, -0.2) is 14.5 Å². The molecule has 0 saturated carbocycles. The summed E-state index contributed by atoms with van der Waals surface area (Å²) in [5.41, 5.74) is 2.35. The zero-order valence-electron chi connectivity index (χ0n) is 11.6. The molecule has 3 aromatic rings. The molecule has 0 aliphatic heterocycles. The summed E-state index contributed by atoms with van der Waals surface area (Å²) in [7, 11) is 0. The number of nitriles is 1. The summed E-state index contributed by atoms with van der Waals surface area (Å²) in [6.45, 7) is 0.512. The monoisotopic (exact) mass is 314 g/mol. The predicted octanol–water partition coefficient (Wildman–Crippen LogP) is 3.73. The molecule has 0 fully saturated rings. The molecule has 0 unspecified atom stereocenters. The quantitative estimate of drug-likeness (QED) is 0.737. The molecule has 2 heterocycles. The lowest BCUT2D eigenvalue weighted by Gasteiger charge is -2.06. The van der Waals surface area contributed by atoms with Gasteiger partial charge in [-0.2, -0.15) is 5.26 Å². The van der Waals surface area contributed by atoms with E-state index < -0.39 is 0 Å². The number of hydrogen-bond donors (Lipinski definition) is 0. The molecule has 0 radical (unpaired) electrons. The van der Waals surface area contributed by atoms with Gasteiger partial charge in [-0.05, 0) is 23.8 Å². The van der Waals surface area contributed by atoms with Crippen molar-refractivity contribution in [2.75, 3.05) is 0 Å². The van der Waals surface area contributed by atoms with Gasteiger partial charge in [0.1, 0.15) is 17.2 Å². The highest BCUT2D eigenvalue weighted by Gasteiger charge is 2.13. The summed E-state index contributed by atoms with van der Waals surface area (Å²) in [5.74, 6) is 0.516. The highest BCUT2D eigenvalue weighted by Crippen LogP contribution is 2.20. The van der Waals surface area contributed by atoms with Crippen LogP contribution in [0.2, 0.25) is 5.02 Å². The van der Waals surface area contributed by atoms with Crippen LogP contribution in [0.5, 0.6) is 0 Å². The van der Waals surface area contributed by atoms with E-state index in [1.165, 1.54) is 12.1 Å². The molecule has 0 bridgehead atoms. The van der Waals surface area contributed by atoms with Crippen molar-refractivity contribution in [3.05, 3.63) is 58.8 Å². The van der Waals surface area contributed by atoms with E-state index in [0.29, 0.717) is 35.6 Å².